The first-order valence-corrected chi connectivity index (χ1v) is 7.83. The molecule has 0 aliphatic rings. The smallest absolute Gasteiger partial charge is 0.174 e. The predicted molar refractivity (Wildman–Crippen MR) is 85.7 cm³/mol. The normalized spacial score (nSPS) is 11.5. The fourth-order valence-corrected chi connectivity index (χ4v) is 2.57. The van der Waals surface area contributed by atoms with Gasteiger partial charge in [0, 0.05) is 30.9 Å². The number of allylic oxidation sites excluding steroid dienone is 1. The van der Waals surface area contributed by atoms with Crippen molar-refractivity contribution in [3.8, 4) is 0 Å². The quantitative estimate of drug-likeness (QED) is 0.561. The lowest BCUT2D eigenvalue weighted by Gasteiger charge is -2.12. The molecule has 0 aliphatic heterocycles. The number of nitrogens with zero attached hydrogens (tertiary/aromatic N) is 1. The molecule has 104 valence electrons. The number of rotatable bonds is 7. The van der Waals surface area contributed by atoms with Crippen LogP contribution in [0.3, 0.4) is 0 Å². The molecule has 0 amide bonds. The van der Waals surface area contributed by atoms with Crippen LogP contribution in [-0.4, -0.2) is 36.3 Å². The molecule has 0 spiro atoms. The van der Waals surface area contributed by atoms with E-state index in [1.54, 1.807) is 11.8 Å². The topological polar surface area (TPSA) is 20.3 Å². The largest absolute Gasteiger partial charge is 0.383 e. The van der Waals surface area contributed by atoms with Crippen LogP contribution in [-0.2, 0) is 4.79 Å². The predicted octanol–water partition coefficient (Wildman–Crippen LogP) is 3.95. The Labute approximate surface area is 124 Å². The molecule has 1 rings (SSSR count). The molecule has 0 radical (unpaired) electrons. The number of carbonyl (C=O) groups excluding carboxylic acids is 1. The van der Waals surface area contributed by atoms with Crippen molar-refractivity contribution in [1.82, 2.24) is 4.90 Å². The van der Waals surface area contributed by atoms with E-state index in [-0.39, 0.29) is 5.78 Å². The van der Waals surface area contributed by atoms with Gasteiger partial charge < -0.3 is 4.90 Å². The van der Waals surface area contributed by atoms with Crippen molar-refractivity contribution in [1.29, 1.82) is 0 Å². The van der Waals surface area contributed by atoms with Crippen LogP contribution in [0.1, 0.15) is 18.9 Å². The molecule has 19 heavy (non-hydrogen) atoms. The number of benzene rings is 1. The Hall–Kier alpha value is -0.930. The second kappa shape index (κ2) is 8.28. The number of hydrogen-bond acceptors (Lipinski definition) is 3. The maximum absolute atomic E-state index is 12.3. The van der Waals surface area contributed by atoms with Gasteiger partial charge >= 0.3 is 0 Å². The van der Waals surface area contributed by atoms with Gasteiger partial charge in [0.15, 0.2) is 5.78 Å². The van der Waals surface area contributed by atoms with Crippen molar-refractivity contribution in [3.05, 3.63) is 41.1 Å². The highest BCUT2D eigenvalue weighted by Crippen LogP contribution is 2.21. The number of ketones is 1. The summed E-state index contributed by atoms with van der Waals surface area (Å²) in [5.41, 5.74) is 1.60. The van der Waals surface area contributed by atoms with Crippen molar-refractivity contribution < 1.29 is 4.79 Å². The van der Waals surface area contributed by atoms with Gasteiger partial charge in [0.05, 0.1) is 5.75 Å². The Morgan fingerprint density at radius 1 is 1.42 bits per heavy atom. The molecule has 0 saturated heterocycles. The molecule has 1 aromatic carbocycles. The summed E-state index contributed by atoms with van der Waals surface area (Å²) in [4.78, 5) is 14.2. The van der Waals surface area contributed by atoms with Crippen LogP contribution in [0.2, 0.25) is 5.02 Å². The van der Waals surface area contributed by atoms with E-state index >= 15 is 0 Å². The van der Waals surface area contributed by atoms with Gasteiger partial charge in [-0.15, -0.1) is 0 Å². The van der Waals surface area contributed by atoms with Crippen molar-refractivity contribution in [2.45, 2.75) is 13.3 Å². The third kappa shape index (κ3) is 5.70. The van der Waals surface area contributed by atoms with Crippen LogP contribution in [0.4, 0.5) is 0 Å². The van der Waals surface area contributed by atoms with Crippen LogP contribution in [0.15, 0.2) is 30.5 Å². The summed E-state index contributed by atoms with van der Waals surface area (Å²) >= 11 is 7.67. The van der Waals surface area contributed by atoms with E-state index in [2.05, 4.69) is 6.92 Å². The van der Waals surface area contributed by atoms with Crippen LogP contribution >= 0.6 is 23.4 Å². The highest BCUT2D eigenvalue weighted by molar-refractivity contribution is 8.00. The van der Waals surface area contributed by atoms with E-state index in [9.17, 15) is 4.79 Å². The molecular formula is C15H20ClNOS. The lowest BCUT2D eigenvalue weighted by Crippen LogP contribution is -2.11. The average Bonchev–Trinajstić information content (AvgIpc) is 2.36. The summed E-state index contributed by atoms with van der Waals surface area (Å²) in [7, 11) is 3.83. The van der Waals surface area contributed by atoms with E-state index < -0.39 is 0 Å². The molecule has 0 aromatic heterocycles. The Kier molecular flexibility index (Phi) is 7.03. The molecular weight excluding hydrogens is 278 g/mol. The number of thioether (sulfide) groups is 1. The van der Waals surface area contributed by atoms with E-state index in [0.29, 0.717) is 10.8 Å². The van der Waals surface area contributed by atoms with Crippen LogP contribution in [0.5, 0.6) is 0 Å². The summed E-state index contributed by atoms with van der Waals surface area (Å²) in [6, 6.07) is 7.44. The van der Waals surface area contributed by atoms with Crippen molar-refractivity contribution >= 4 is 34.7 Å². The van der Waals surface area contributed by atoms with Crippen LogP contribution in [0.25, 0.3) is 5.57 Å². The minimum Gasteiger partial charge on any atom is -0.383 e. The third-order valence-electron chi connectivity index (χ3n) is 2.40. The summed E-state index contributed by atoms with van der Waals surface area (Å²) in [5.74, 6) is 1.67. The van der Waals surface area contributed by atoms with Gasteiger partial charge in [-0.05, 0) is 29.9 Å². The zero-order valence-corrected chi connectivity index (χ0v) is 13.2. The maximum Gasteiger partial charge on any atom is 0.174 e. The first-order chi connectivity index (χ1) is 9.04. The van der Waals surface area contributed by atoms with Crippen molar-refractivity contribution in [3.63, 3.8) is 0 Å². The molecule has 0 N–H and O–H groups in total. The fourth-order valence-electron chi connectivity index (χ4n) is 1.61. The minimum atomic E-state index is 0.148. The van der Waals surface area contributed by atoms with Gasteiger partial charge in [0.1, 0.15) is 0 Å². The molecule has 0 atom stereocenters. The third-order valence-corrected chi connectivity index (χ3v) is 3.80. The van der Waals surface area contributed by atoms with Gasteiger partial charge in [0.2, 0.25) is 0 Å². The zero-order chi connectivity index (χ0) is 14.3. The second-order valence-corrected chi connectivity index (χ2v) is 6.03. The average molecular weight is 298 g/mol. The second-order valence-electron chi connectivity index (χ2n) is 4.49. The molecule has 2 nitrogen and oxygen atoms in total. The highest BCUT2D eigenvalue weighted by Gasteiger charge is 2.12. The first kappa shape index (κ1) is 16.1. The fraction of sp³-hybridized carbons (Fsp3) is 0.400. The van der Waals surface area contributed by atoms with E-state index in [1.165, 1.54) is 0 Å². The summed E-state index contributed by atoms with van der Waals surface area (Å²) in [6.45, 7) is 2.12. The Morgan fingerprint density at radius 3 is 2.74 bits per heavy atom. The molecule has 0 bridgehead atoms. The molecule has 0 saturated carbocycles. The summed E-state index contributed by atoms with van der Waals surface area (Å²) < 4.78 is 0. The summed E-state index contributed by atoms with van der Waals surface area (Å²) in [5, 5.41) is 0.649. The maximum atomic E-state index is 12.3. The van der Waals surface area contributed by atoms with E-state index in [0.717, 1.165) is 23.3 Å². The van der Waals surface area contributed by atoms with Crippen LogP contribution < -0.4 is 0 Å². The lowest BCUT2D eigenvalue weighted by molar-refractivity contribution is -0.111. The summed E-state index contributed by atoms with van der Waals surface area (Å²) in [6.07, 6.45) is 2.95. The van der Waals surface area contributed by atoms with Crippen molar-refractivity contribution in [2.24, 2.45) is 0 Å². The van der Waals surface area contributed by atoms with Gasteiger partial charge in [-0.1, -0.05) is 30.7 Å². The number of hydrogen-bond donors (Lipinski definition) is 0. The molecule has 0 heterocycles. The van der Waals surface area contributed by atoms with E-state index in [4.69, 9.17) is 11.6 Å². The van der Waals surface area contributed by atoms with Gasteiger partial charge in [-0.3, -0.25) is 4.79 Å². The Morgan fingerprint density at radius 2 is 2.16 bits per heavy atom. The highest BCUT2D eigenvalue weighted by atomic mass is 35.5. The van der Waals surface area contributed by atoms with Crippen molar-refractivity contribution in [2.75, 3.05) is 25.6 Å². The first-order valence-electron chi connectivity index (χ1n) is 6.29. The number of halogens is 1. The van der Waals surface area contributed by atoms with Gasteiger partial charge in [-0.25, -0.2) is 0 Å². The minimum absolute atomic E-state index is 0.148. The standard InChI is InChI=1S/C15H20ClNOS/c1-4-8-19-11-15(18)14(10-17(2)3)12-6-5-7-13(16)9-12/h5-7,9-10H,4,8,11H2,1-3H3/b14-10-. The molecule has 4 heteroatoms. The van der Waals surface area contributed by atoms with Gasteiger partial charge in [0.25, 0.3) is 0 Å². The number of Topliss-reactive ketones (excluding diaryl/α,β-unsaturated/α-hetero) is 1. The Bertz CT molecular complexity index is 457. The Balaban J connectivity index is 2.93. The van der Waals surface area contributed by atoms with E-state index in [1.807, 2.05) is 49.5 Å². The molecule has 0 fully saturated rings. The lowest BCUT2D eigenvalue weighted by atomic mass is 10.0. The SMILES string of the molecule is CCCSCC(=O)/C(=C\N(C)C)c1cccc(Cl)c1. The zero-order valence-electron chi connectivity index (χ0n) is 11.6. The molecule has 0 aliphatic carbocycles. The monoisotopic (exact) mass is 297 g/mol. The number of carbonyl (C=O) groups is 1. The molecule has 1 aromatic rings. The van der Waals surface area contributed by atoms with Crippen LogP contribution in [0, 0.1) is 0 Å². The molecule has 0 unspecified atom stereocenters. The van der Waals surface area contributed by atoms with Gasteiger partial charge in [-0.2, -0.15) is 11.8 Å².